The lowest BCUT2D eigenvalue weighted by molar-refractivity contribution is -0.139. The minimum atomic E-state index is -4.16. The number of nitrogens with zero attached hydrogens (tertiary/aromatic N) is 2. The number of hydrogen-bond donors (Lipinski definition) is 1. The fraction of sp³-hybridized carbons (Fsp3) is 0.188. The average molecular weight is 669 g/mol. The Kier molecular flexibility index (Phi) is 10.4. The third-order valence-electron chi connectivity index (χ3n) is 6.82. The molecule has 10 heteroatoms. The lowest BCUT2D eigenvalue weighted by Crippen LogP contribution is -2.53. The van der Waals surface area contributed by atoms with Crippen LogP contribution < -0.4 is 9.62 Å². The summed E-state index contributed by atoms with van der Waals surface area (Å²) in [6.07, 6.45) is 0.222. The van der Waals surface area contributed by atoms with Crippen LogP contribution in [0.4, 0.5) is 5.69 Å². The van der Waals surface area contributed by atoms with E-state index in [1.807, 2.05) is 37.3 Å². The predicted molar refractivity (Wildman–Crippen MR) is 170 cm³/mol. The van der Waals surface area contributed by atoms with Gasteiger partial charge in [-0.2, -0.15) is 0 Å². The Balaban J connectivity index is 1.79. The molecule has 0 aliphatic heterocycles. The van der Waals surface area contributed by atoms with E-state index in [0.29, 0.717) is 16.3 Å². The Bertz CT molecular complexity index is 1630. The van der Waals surface area contributed by atoms with E-state index in [4.69, 9.17) is 11.6 Å². The molecule has 1 N–H and O–H groups in total. The van der Waals surface area contributed by atoms with Gasteiger partial charge in [-0.15, -0.1) is 0 Å². The van der Waals surface area contributed by atoms with Crippen molar-refractivity contribution in [3.63, 3.8) is 0 Å². The summed E-state index contributed by atoms with van der Waals surface area (Å²) < 4.78 is 29.8. The third-order valence-corrected chi connectivity index (χ3v) is 9.50. The van der Waals surface area contributed by atoms with E-state index in [1.54, 1.807) is 60.7 Å². The van der Waals surface area contributed by atoms with Crippen LogP contribution in [-0.4, -0.2) is 44.8 Å². The van der Waals surface area contributed by atoms with Gasteiger partial charge < -0.3 is 10.2 Å². The van der Waals surface area contributed by atoms with Crippen LogP contribution in [0.15, 0.2) is 112 Å². The molecule has 4 aromatic rings. The molecule has 0 aromatic heterocycles. The van der Waals surface area contributed by atoms with Crippen LogP contribution in [0, 0.1) is 6.92 Å². The molecule has 4 aromatic carbocycles. The number of likely N-dealkylation sites (N-methyl/N-ethyl adjacent to an activating group) is 1. The second-order valence-electron chi connectivity index (χ2n) is 9.73. The van der Waals surface area contributed by atoms with Gasteiger partial charge in [-0.1, -0.05) is 93.8 Å². The van der Waals surface area contributed by atoms with Crippen molar-refractivity contribution in [2.24, 2.45) is 0 Å². The van der Waals surface area contributed by atoms with E-state index in [2.05, 4.69) is 21.2 Å². The summed E-state index contributed by atoms with van der Waals surface area (Å²) in [6, 6.07) is 28.6. The van der Waals surface area contributed by atoms with E-state index in [9.17, 15) is 18.0 Å². The quantitative estimate of drug-likeness (QED) is 0.213. The first kappa shape index (κ1) is 31.3. The standard InChI is InChI=1S/C32H31BrClN3O4S/c1-23-12-18-28(19-13-23)42(40,41)37(27-16-14-26(33)15-17-27)22-31(38)36(21-25-10-6-7-11-29(25)34)30(32(39)35-2)20-24-8-4-3-5-9-24/h3-19,30H,20-22H2,1-2H3,(H,35,39)/t30-/m1/s1. The van der Waals surface area contributed by atoms with Crippen molar-refractivity contribution < 1.29 is 18.0 Å². The normalized spacial score (nSPS) is 11.9. The van der Waals surface area contributed by atoms with Crippen molar-refractivity contribution in [3.8, 4) is 0 Å². The van der Waals surface area contributed by atoms with Gasteiger partial charge in [0.1, 0.15) is 12.6 Å². The lowest BCUT2D eigenvalue weighted by Gasteiger charge is -2.33. The number of sulfonamides is 1. The van der Waals surface area contributed by atoms with Crippen molar-refractivity contribution in [1.29, 1.82) is 0 Å². The van der Waals surface area contributed by atoms with Gasteiger partial charge in [0.05, 0.1) is 10.6 Å². The van der Waals surface area contributed by atoms with E-state index in [0.717, 1.165) is 19.9 Å². The number of rotatable bonds is 11. The summed E-state index contributed by atoms with van der Waals surface area (Å²) in [4.78, 5) is 29.0. The van der Waals surface area contributed by atoms with Crippen LogP contribution in [0.1, 0.15) is 16.7 Å². The lowest BCUT2D eigenvalue weighted by atomic mass is 10.0. The molecule has 0 fully saturated rings. The Labute approximate surface area is 260 Å². The van der Waals surface area contributed by atoms with Crippen LogP contribution in [0.2, 0.25) is 5.02 Å². The molecule has 0 aliphatic carbocycles. The van der Waals surface area contributed by atoms with Crippen LogP contribution in [0.25, 0.3) is 0 Å². The number of benzene rings is 4. The highest BCUT2D eigenvalue weighted by Crippen LogP contribution is 2.27. The van der Waals surface area contributed by atoms with Gasteiger partial charge >= 0.3 is 0 Å². The van der Waals surface area contributed by atoms with Crippen LogP contribution in [-0.2, 0) is 32.6 Å². The topological polar surface area (TPSA) is 86.8 Å². The zero-order valence-corrected chi connectivity index (χ0v) is 26.4. The Morgan fingerprint density at radius 3 is 2.12 bits per heavy atom. The zero-order chi connectivity index (χ0) is 30.3. The molecule has 7 nitrogen and oxygen atoms in total. The summed E-state index contributed by atoms with van der Waals surface area (Å²) in [5.41, 5.74) is 2.69. The highest BCUT2D eigenvalue weighted by atomic mass is 79.9. The molecule has 0 unspecified atom stereocenters. The van der Waals surface area contributed by atoms with Gasteiger partial charge in [-0.05, 0) is 60.5 Å². The molecular weight excluding hydrogens is 638 g/mol. The van der Waals surface area contributed by atoms with Gasteiger partial charge in [0.25, 0.3) is 10.0 Å². The van der Waals surface area contributed by atoms with Crippen molar-refractivity contribution >= 4 is 55.1 Å². The maximum atomic E-state index is 14.3. The highest BCUT2D eigenvalue weighted by Gasteiger charge is 2.34. The minimum absolute atomic E-state index is 0.00217. The first-order valence-corrected chi connectivity index (χ1v) is 15.8. The number of anilines is 1. The molecule has 1 atom stereocenters. The summed E-state index contributed by atoms with van der Waals surface area (Å²) in [7, 11) is -2.65. The molecule has 0 radical (unpaired) electrons. The molecule has 4 rings (SSSR count). The summed E-state index contributed by atoms with van der Waals surface area (Å²) in [6.45, 7) is 1.33. The molecule has 0 bridgehead atoms. The fourth-order valence-corrected chi connectivity index (χ4v) is 6.38. The maximum absolute atomic E-state index is 14.3. The number of hydrogen-bond acceptors (Lipinski definition) is 4. The molecule has 0 heterocycles. The van der Waals surface area contributed by atoms with Crippen LogP contribution in [0.5, 0.6) is 0 Å². The molecular formula is C32H31BrClN3O4S. The van der Waals surface area contributed by atoms with Crippen molar-refractivity contribution in [1.82, 2.24) is 10.2 Å². The SMILES string of the molecule is CNC(=O)[C@@H](Cc1ccccc1)N(Cc1ccccc1Cl)C(=O)CN(c1ccc(Br)cc1)S(=O)(=O)c1ccc(C)cc1. The highest BCUT2D eigenvalue weighted by molar-refractivity contribution is 9.10. The monoisotopic (exact) mass is 667 g/mol. The van der Waals surface area contributed by atoms with Crippen LogP contribution in [0.3, 0.4) is 0 Å². The summed E-state index contributed by atoms with van der Waals surface area (Å²) in [5, 5.41) is 3.10. The second-order valence-corrected chi connectivity index (χ2v) is 12.9. The second kappa shape index (κ2) is 14.0. The molecule has 218 valence electrons. The van der Waals surface area contributed by atoms with Gasteiger partial charge in [0.2, 0.25) is 11.8 Å². The number of nitrogens with one attached hydrogen (secondary N) is 1. The molecule has 42 heavy (non-hydrogen) atoms. The first-order chi connectivity index (χ1) is 20.1. The fourth-order valence-electron chi connectivity index (χ4n) is 4.50. The Hall–Kier alpha value is -3.66. The van der Waals surface area contributed by atoms with E-state index in [-0.39, 0.29) is 23.8 Å². The maximum Gasteiger partial charge on any atom is 0.264 e. The number of carbonyl (C=O) groups is 2. The largest absolute Gasteiger partial charge is 0.357 e. The smallest absolute Gasteiger partial charge is 0.264 e. The number of amides is 2. The van der Waals surface area contributed by atoms with E-state index in [1.165, 1.54) is 24.1 Å². The Morgan fingerprint density at radius 1 is 0.881 bits per heavy atom. The summed E-state index contributed by atoms with van der Waals surface area (Å²) in [5.74, 6) is -0.936. The summed E-state index contributed by atoms with van der Waals surface area (Å²) >= 11 is 9.87. The number of aryl methyl sites for hydroxylation is 1. The van der Waals surface area contributed by atoms with Crippen LogP contribution >= 0.6 is 27.5 Å². The van der Waals surface area contributed by atoms with E-state index >= 15 is 0 Å². The van der Waals surface area contributed by atoms with Gasteiger partial charge in [0.15, 0.2) is 0 Å². The van der Waals surface area contributed by atoms with Gasteiger partial charge in [0, 0.05) is 29.5 Å². The minimum Gasteiger partial charge on any atom is -0.357 e. The van der Waals surface area contributed by atoms with E-state index < -0.39 is 28.5 Å². The predicted octanol–water partition coefficient (Wildman–Crippen LogP) is 5.99. The molecule has 2 amide bonds. The van der Waals surface area contributed by atoms with Gasteiger partial charge in [-0.3, -0.25) is 13.9 Å². The average Bonchev–Trinajstić information content (AvgIpc) is 2.99. The molecule has 0 saturated heterocycles. The zero-order valence-electron chi connectivity index (χ0n) is 23.2. The van der Waals surface area contributed by atoms with Gasteiger partial charge in [-0.25, -0.2) is 8.42 Å². The number of halogens is 2. The number of carbonyl (C=O) groups excluding carboxylic acids is 2. The Morgan fingerprint density at radius 2 is 1.50 bits per heavy atom. The molecule has 0 saturated carbocycles. The first-order valence-electron chi connectivity index (χ1n) is 13.2. The van der Waals surface area contributed by atoms with Crippen molar-refractivity contribution in [2.45, 2.75) is 30.8 Å². The third kappa shape index (κ3) is 7.59. The molecule has 0 spiro atoms. The van der Waals surface area contributed by atoms with Crippen molar-refractivity contribution in [2.75, 3.05) is 17.9 Å². The molecule has 0 aliphatic rings. The van der Waals surface area contributed by atoms with Crippen molar-refractivity contribution in [3.05, 3.63) is 129 Å².